The van der Waals surface area contributed by atoms with Crippen LogP contribution in [0.25, 0.3) is 0 Å². The Kier molecular flexibility index (Phi) is 4.06. The molecule has 0 unspecified atom stereocenters. The molecule has 0 N–H and O–H groups in total. The lowest BCUT2D eigenvalue weighted by Crippen LogP contribution is -2.22. The standard InChI is InChI=1S/C8H8BrCl2NO2S/c1-12(2)15(13,14)8-6(10)3-5(9)4-7(8)11/h3-4H,1-2H3. The van der Waals surface area contributed by atoms with E-state index in [0.29, 0.717) is 4.47 Å². The lowest BCUT2D eigenvalue weighted by molar-refractivity contribution is 0.521. The molecule has 0 saturated heterocycles. The molecule has 0 heterocycles. The first-order chi connectivity index (χ1) is 6.76. The highest BCUT2D eigenvalue weighted by atomic mass is 79.9. The second kappa shape index (κ2) is 4.59. The van der Waals surface area contributed by atoms with E-state index in [1.165, 1.54) is 26.2 Å². The van der Waals surface area contributed by atoms with Crippen molar-refractivity contribution in [2.75, 3.05) is 14.1 Å². The van der Waals surface area contributed by atoms with E-state index >= 15 is 0 Å². The largest absolute Gasteiger partial charge is 0.245 e. The second-order valence-corrected chi connectivity index (χ2v) is 6.80. The summed E-state index contributed by atoms with van der Waals surface area (Å²) >= 11 is 14.9. The molecule has 7 heteroatoms. The van der Waals surface area contributed by atoms with Gasteiger partial charge in [0.05, 0.1) is 10.0 Å². The van der Waals surface area contributed by atoms with E-state index in [2.05, 4.69) is 15.9 Å². The quantitative estimate of drug-likeness (QED) is 0.834. The third-order valence-electron chi connectivity index (χ3n) is 1.70. The summed E-state index contributed by atoms with van der Waals surface area (Å²) in [5, 5.41) is 0.200. The van der Waals surface area contributed by atoms with Crippen molar-refractivity contribution in [3.05, 3.63) is 26.7 Å². The van der Waals surface area contributed by atoms with Crippen molar-refractivity contribution in [1.29, 1.82) is 0 Å². The summed E-state index contributed by atoms with van der Waals surface area (Å²) in [5.74, 6) is 0. The van der Waals surface area contributed by atoms with Gasteiger partial charge < -0.3 is 0 Å². The number of nitrogens with zero attached hydrogens (tertiary/aromatic N) is 1. The summed E-state index contributed by atoms with van der Waals surface area (Å²) < 4.78 is 25.4. The molecule has 0 radical (unpaired) electrons. The van der Waals surface area contributed by atoms with Gasteiger partial charge in [-0.15, -0.1) is 0 Å². The third-order valence-corrected chi connectivity index (χ3v) is 4.90. The predicted molar refractivity (Wildman–Crippen MR) is 65.0 cm³/mol. The van der Waals surface area contributed by atoms with Crippen molar-refractivity contribution in [3.63, 3.8) is 0 Å². The molecular formula is C8H8BrCl2NO2S. The minimum atomic E-state index is -3.61. The molecular weight excluding hydrogens is 325 g/mol. The Morgan fingerprint density at radius 1 is 1.20 bits per heavy atom. The first kappa shape index (κ1) is 13.3. The molecule has 0 bridgehead atoms. The Bertz CT molecular complexity index is 464. The molecule has 15 heavy (non-hydrogen) atoms. The van der Waals surface area contributed by atoms with E-state index in [1.807, 2.05) is 0 Å². The zero-order valence-electron chi connectivity index (χ0n) is 7.96. The van der Waals surface area contributed by atoms with Gasteiger partial charge in [-0.1, -0.05) is 39.1 Å². The van der Waals surface area contributed by atoms with E-state index in [1.54, 1.807) is 0 Å². The van der Waals surface area contributed by atoms with Crippen LogP contribution in [0.4, 0.5) is 0 Å². The topological polar surface area (TPSA) is 37.4 Å². The number of hydrogen-bond donors (Lipinski definition) is 0. The zero-order valence-corrected chi connectivity index (χ0v) is 11.9. The van der Waals surface area contributed by atoms with Gasteiger partial charge in [0.2, 0.25) is 10.0 Å². The Morgan fingerprint density at radius 3 is 1.93 bits per heavy atom. The Balaban J connectivity index is 3.52. The van der Waals surface area contributed by atoms with Crippen LogP contribution < -0.4 is 0 Å². The Hall–Kier alpha value is 0.190. The molecule has 0 aromatic heterocycles. The normalized spacial score (nSPS) is 12.1. The van der Waals surface area contributed by atoms with Crippen LogP contribution >= 0.6 is 39.1 Å². The lowest BCUT2D eigenvalue weighted by Gasteiger charge is -2.14. The summed E-state index contributed by atoms with van der Waals surface area (Å²) in [6.07, 6.45) is 0. The molecule has 0 fully saturated rings. The molecule has 1 aromatic rings. The van der Waals surface area contributed by atoms with Gasteiger partial charge in [-0.3, -0.25) is 0 Å². The average molecular weight is 333 g/mol. The summed E-state index contributed by atoms with van der Waals surface area (Å²) in [4.78, 5) is -0.0703. The number of hydrogen-bond acceptors (Lipinski definition) is 2. The van der Waals surface area contributed by atoms with Gasteiger partial charge in [-0.05, 0) is 12.1 Å². The highest BCUT2D eigenvalue weighted by Gasteiger charge is 2.24. The van der Waals surface area contributed by atoms with Crippen LogP contribution in [-0.2, 0) is 10.0 Å². The summed E-state index contributed by atoms with van der Waals surface area (Å²) in [6.45, 7) is 0. The first-order valence-electron chi connectivity index (χ1n) is 3.84. The molecule has 3 nitrogen and oxygen atoms in total. The van der Waals surface area contributed by atoms with E-state index in [9.17, 15) is 8.42 Å². The van der Waals surface area contributed by atoms with Crippen LogP contribution in [0.5, 0.6) is 0 Å². The van der Waals surface area contributed by atoms with Gasteiger partial charge in [-0.25, -0.2) is 12.7 Å². The van der Waals surface area contributed by atoms with Gasteiger partial charge in [0.1, 0.15) is 4.90 Å². The molecule has 0 amide bonds. The fraction of sp³-hybridized carbons (Fsp3) is 0.250. The van der Waals surface area contributed by atoms with Gasteiger partial charge in [0.15, 0.2) is 0 Å². The van der Waals surface area contributed by atoms with E-state index in [-0.39, 0.29) is 14.9 Å². The molecule has 0 aliphatic rings. The molecule has 84 valence electrons. The van der Waals surface area contributed by atoms with Crippen LogP contribution in [0.3, 0.4) is 0 Å². The molecule has 0 aliphatic heterocycles. The molecule has 0 spiro atoms. The summed E-state index contributed by atoms with van der Waals surface area (Å²) in [7, 11) is -0.765. The Morgan fingerprint density at radius 2 is 1.60 bits per heavy atom. The summed E-state index contributed by atoms with van der Waals surface area (Å²) in [5.41, 5.74) is 0. The third kappa shape index (κ3) is 2.65. The maximum atomic E-state index is 11.8. The van der Waals surface area contributed by atoms with Crippen molar-refractivity contribution >= 4 is 49.2 Å². The molecule has 1 aromatic carbocycles. The van der Waals surface area contributed by atoms with Crippen LogP contribution in [0.2, 0.25) is 10.0 Å². The fourth-order valence-corrected chi connectivity index (χ4v) is 3.73. The lowest BCUT2D eigenvalue weighted by atomic mass is 10.4. The smallest absolute Gasteiger partial charge is 0.207 e. The Labute approximate surface area is 107 Å². The fourth-order valence-electron chi connectivity index (χ4n) is 0.958. The van der Waals surface area contributed by atoms with Gasteiger partial charge in [0.25, 0.3) is 0 Å². The van der Waals surface area contributed by atoms with Crippen LogP contribution in [0.1, 0.15) is 0 Å². The minimum Gasteiger partial charge on any atom is -0.207 e. The van der Waals surface area contributed by atoms with Gasteiger partial charge in [-0.2, -0.15) is 0 Å². The van der Waals surface area contributed by atoms with Crippen molar-refractivity contribution < 1.29 is 8.42 Å². The summed E-state index contributed by atoms with van der Waals surface area (Å²) in [6, 6.07) is 2.98. The average Bonchev–Trinajstić information content (AvgIpc) is 2.00. The predicted octanol–water partition coefficient (Wildman–Crippen LogP) is 3.01. The highest BCUT2D eigenvalue weighted by Crippen LogP contribution is 2.33. The second-order valence-electron chi connectivity index (χ2n) is 2.99. The van der Waals surface area contributed by atoms with Gasteiger partial charge in [0, 0.05) is 18.6 Å². The zero-order chi connectivity index (χ0) is 11.8. The number of sulfonamides is 1. The molecule has 0 saturated carbocycles. The highest BCUT2D eigenvalue weighted by molar-refractivity contribution is 9.10. The SMILES string of the molecule is CN(C)S(=O)(=O)c1c(Cl)cc(Br)cc1Cl. The van der Waals surface area contributed by atoms with Gasteiger partial charge >= 0.3 is 0 Å². The number of halogens is 3. The van der Waals surface area contributed by atoms with Crippen molar-refractivity contribution in [3.8, 4) is 0 Å². The van der Waals surface area contributed by atoms with E-state index in [0.717, 1.165) is 4.31 Å². The van der Waals surface area contributed by atoms with Crippen molar-refractivity contribution in [2.24, 2.45) is 0 Å². The number of rotatable bonds is 2. The number of benzene rings is 1. The van der Waals surface area contributed by atoms with Crippen LogP contribution in [-0.4, -0.2) is 26.8 Å². The van der Waals surface area contributed by atoms with Crippen molar-refractivity contribution in [2.45, 2.75) is 4.90 Å². The van der Waals surface area contributed by atoms with Crippen LogP contribution in [0.15, 0.2) is 21.5 Å². The maximum Gasteiger partial charge on any atom is 0.245 e. The van der Waals surface area contributed by atoms with E-state index < -0.39 is 10.0 Å². The van der Waals surface area contributed by atoms with E-state index in [4.69, 9.17) is 23.2 Å². The maximum absolute atomic E-state index is 11.8. The molecule has 1 rings (SSSR count). The molecule has 0 aliphatic carbocycles. The van der Waals surface area contributed by atoms with Crippen molar-refractivity contribution in [1.82, 2.24) is 4.31 Å². The first-order valence-corrected chi connectivity index (χ1v) is 6.83. The minimum absolute atomic E-state index is 0.0703. The molecule has 0 atom stereocenters. The monoisotopic (exact) mass is 331 g/mol. The van der Waals surface area contributed by atoms with Crippen LogP contribution in [0, 0.1) is 0 Å².